The van der Waals surface area contributed by atoms with Crippen LogP contribution in [0.4, 0.5) is 11.4 Å². The van der Waals surface area contributed by atoms with E-state index in [-0.39, 0.29) is 0 Å². The van der Waals surface area contributed by atoms with Gasteiger partial charge in [-0.25, -0.2) is 4.21 Å². The van der Waals surface area contributed by atoms with Crippen LogP contribution in [0.15, 0.2) is 70.5 Å². The number of aryl methyl sites for hydroxylation is 1. The first kappa shape index (κ1) is 19.5. The van der Waals surface area contributed by atoms with Gasteiger partial charge >= 0.3 is 0 Å². The lowest BCUT2D eigenvalue weighted by molar-refractivity contribution is 0.252. The van der Waals surface area contributed by atoms with E-state index >= 15 is 0 Å². The predicted octanol–water partition coefficient (Wildman–Crippen LogP) is 5.37. The van der Waals surface area contributed by atoms with Crippen LogP contribution in [0.1, 0.15) is 28.7 Å². The van der Waals surface area contributed by atoms with E-state index in [1.165, 1.54) is 22.3 Å². The maximum atomic E-state index is 13.2. The van der Waals surface area contributed by atoms with Gasteiger partial charge in [-0.3, -0.25) is 4.90 Å². The molecule has 0 radical (unpaired) electrons. The first-order valence-electron chi connectivity index (χ1n) is 10.8. The summed E-state index contributed by atoms with van der Waals surface area (Å²) < 4.78 is 13.2. The van der Waals surface area contributed by atoms with Gasteiger partial charge in [-0.2, -0.15) is 0 Å². The number of nitrogens with zero attached hydrogens (tertiary/aromatic N) is 2. The van der Waals surface area contributed by atoms with Gasteiger partial charge in [0, 0.05) is 26.2 Å². The molecule has 3 aromatic rings. The number of hydrogen-bond donors (Lipinski definition) is 0. The highest BCUT2D eigenvalue weighted by atomic mass is 32.2. The minimum atomic E-state index is -1.12. The molecule has 0 amide bonds. The van der Waals surface area contributed by atoms with Crippen molar-refractivity contribution >= 4 is 22.2 Å². The highest BCUT2D eigenvalue weighted by molar-refractivity contribution is 7.85. The van der Waals surface area contributed by atoms with Crippen molar-refractivity contribution in [2.75, 3.05) is 24.5 Å². The Kier molecular flexibility index (Phi) is 5.21. The Balaban J connectivity index is 1.38. The van der Waals surface area contributed by atoms with Crippen molar-refractivity contribution in [3.63, 3.8) is 0 Å². The van der Waals surface area contributed by atoms with Crippen molar-refractivity contribution in [2.24, 2.45) is 0 Å². The second-order valence-electron chi connectivity index (χ2n) is 8.39. The third-order valence-corrected chi connectivity index (χ3v) is 8.03. The molecule has 4 heteroatoms. The Morgan fingerprint density at radius 2 is 1.63 bits per heavy atom. The Bertz CT molecular complexity index is 1120. The highest BCUT2D eigenvalue weighted by Crippen LogP contribution is 2.44. The van der Waals surface area contributed by atoms with E-state index in [1.807, 2.05) is 12.1 Å². The largest absolute Gasteiger partial charge is 0.339 e. The van der Waals surface area contributed by atoms with Crippen LogP contribution in [-0.2, 0) is 23.8 Å². The summed E-state index contributed by atoms with van der Waals surface area (Å²) in [6, 6.07) is 21.2. The molecule has 0 fully saturated rings. The number of rotatable bonds is 4. The molecule has 0 N–H and O–H groups in total. The van der Waals surface area contributed by atoms with Crippen molar-refractivity contribution in [1.29, 1.82) is 0 Å². The molecular weight excluding hydrogens is 388 g/mol. The van der Waals surface area contributed by atoms with Crippen LogP contribution in [-0.4, -0.2) is 28.7 Å². The monoisotopic (exact) mass is 416 g/mol. The van der Waals surface area contributed by atoms with Crippen LogP contribution < -0.4 is 4.90 Å². The van der Waals surface area contributed by atoms with Crippen LogP contribution in [0.2, 0.25) is 0 Å². The van der Waals surface area contributed by atoms with E-state index in [0.29, 0.717) is 0 Å². The number of para-hydroxylation sites is 1. The Morgan fingerprint density at radius 1 is 0.867 bits per heavy atom. The van der Waals surface area contributed by atoms with Gasteiger partial charge in [-0.1, -0.05) is 42.5 Å². The number of hydrogen-bond acceptors (Lipinski definition) is 3. The van der Waals surface area contributed by atoms with Crippen LogP contribution in [0, 0.1) is 13.8 Å². The van der Waals surface area contributed by atoms with Crippen molar-refractivity contribution in [3.8, 4) is 0 Å². The summed E-state index contributed by atoms with van der Waals surface area (Å²) in [5.41, 5.74) is 7.71. The third-order valence-electron chi connectivity index (χ3n) is 6.56. The standard InChI is InChI=1S/C26H28N2OS/c1-19-12-13-25-26(20(19)2)28(23-10-5-6-11-24(23)30(25)29)16-7-15-27-17-14-21-8-3-4-9-22(21)18-27/h3-6,8-13H,7,14-18H2,1-2H3. The molecule has 5 rings (SSSR count). The van der Waals surface area contributed by atoms with E-state index in [1.54, 1.807) is 0 Å². The van der Waals surface area contributed by atoms with E-state index in [9.17, 15) is 4.21 Å². The topological polar surface area (TPSA) is 23.6 Å². The minimum Gasteiger partial charge on any atom is -0.339 e. The average Bonchev–Trinajstić information content (AvgIpc) is 2.78. The summed E-state index contributed by atoms with van der Waals surface area (Å²) in [6.45, 7) is 8.49. The lowest BCUT2D eigenvalue weighted by atomic mass is 10.00. The van der Waals surface area contributed by atoms with Crippen molar-refractivity contribution in [3.05, 3.63) is 82.9 Å². The summed E-state index contributed by atoms with van der Waals surface area (Å²) in [7, 11) is -1.12. The summed E-state index contributed by atoms with van der Waals surface area (Å²) >= 11 is 0. The number of benzene rings is 3. The molecule has 0 saturated heterocycles. The molecular formula is C26H28N2OS. The van der Waals surface area contributed by atoms with Gasteiger partial charge in [0.25, 0.3) is 0 Å². The second-order valence-corrected chi connectivity index (χ2v) is 9.81. The first-order valence-corrected chi connectivity index (χ1v) is 12.0. The molecule has 0 saturated carbocycles. The zero-order chi connectivity index (χ0) is 20.7. The Hall–Kier alpha value is -2.43. The first-order chi connectivity index (χ1) is 14.6. The van der Waals surface area contributed by atoms with Gasteiger partial charge in [-0.05, 0) is 67.1 Å². The zero-order valence-corrected chi connectivity index (χ0v) is 18.5. The molecule has 2 aliphatic heterocycles. The van der Waals surface area contributed by atoms with Gasteiger partial charge in [0.2, 0.25) is 0 Å². The molecule has 3 aromatic carbocycles. The molecule has 1 unspecified atom stereocenters. The lowest BCUT2D eigenvalue weighted by Gasteiger charge is -2.35. The van der Waals surface area contributed by atoms with Crippen molar-refractivity contribution in [1.82, 2.24) is 4.90 Å². The van der Waals surface area contributed by atoms with E-state index in [4.69, 9.17) is 0 Å². The van der Waals surface area contributed by atoms with Gasteiger partial charge in [-0.15, -0.1) is 0 Å². The molecule has 2 heterocycles. The quantitative estimate of drug-likeness (QED) is 0.571. The third kappa shape index (κ3) is 3.38. The molecule has 1 atom stereocenters. The van der Waals surface area contributed by atoms with Gasteiger partial charge in [0.05, 0.1) is 32.0 Å². The van der Waals surface area contributed by atoms with Crippen molar-refractivity contribution in [2.45, 2.75) is 43.0 Å². The molecule has 0 aromatic heterocycles. The zero-order valence-electron chi connectivity index (χ0n) is 17.7. The molecule has 30 heavy (non-hydrogen) atoms. The predicted molar refractivity (Wildman–Crippen MR) is 124 cm³/mol. The molecule has 0 bridgehead atoms. The fourth-order valence-corrected chi connectivity index (χ4v) is 6.20. The van der Waals surface area contributed by atoms with Crippen molar-refractivity contribution < 1.29 is 4.21 Å². The minimum absolute atomic E-state index is 0.931. The van der Waals surface area contributed by atoms with E-state index in [2.05, 4.69) is 72.2 Å². The second kappa shape index (κ2) is 8.01. The fraction of sp³-hybridized carbons (Fsp3) is 0.308. The Labute approximate surface area is 181 Å². The smallest absolute Gasteiger partial charge is 0.0892 e. The molecule has 2 aliphatic rings. The van der Waals surface area contributed by atoms with Gasteiger partial charge < -0.3 is 4.90 Å². The van der Waals surface area contributed by atoms with E-state index in [0.717, 1.165) is 60.2 Å². The number of fused-ring (bicyclic) bond motifs is 3. The van der Waals surface area contributed by atoms with Gasteiger partial charge in [0.1, 0.15) is 0 Å². The number of anilines is 2. The average molecular weight is 417 g/mol. The maximum absolute atomic E-state index is 13.2. The lowest BCUT2D eigenvalue weighted by Crippen LogP contribution is -2.34. The molecule has 3 nitrogen and oxygen atoms in total. The van der Waals surface area contributed by atoms with Crippen LogP contribution in [0.25, 0.3) is 0 Å². The SMILES string of the molecule is Cc1ccc2c(c1C)N(CCCN1CCc3ccccc3C1)c1ccccc1S2=O. The van der Waals surface area contributed by atoms with Crippen LogP contribution in [0.3, 0.4) is 0 Å². The van der Waals surface area contributed by atoms with Gasteiger partial charge in [0.15, 0.2) is 0 Å². The summed E-state index contributed by atoms with van der Waals surface area (Å²) in [5.74, 6) is 0. The highest BCUT2D eigenvalue weighted by Gasteiger charge is 2.29. The molecule has 0 aliphatic carbocycles. The molecule has 0 spiro atoms. The Morgan fingerprint density at radius 3 is 2.50 bits per heavy atom. The molecule has 154 valence electrons. The fourth-order valence-electron chi connectivity index (χ4n) is 4.77. The van der Waals surface area contributed by atoms with E-state index < -0.39 is 10.8 Å². The van der Waals surface area contributed by atoms with Crippen LogP contribution in [0.5, 0.6) is 0 Å². The maximum Gasteiger partial charge on any atom is 0.0892 e. The van der Waals surface area contributed by atoms with Crippen LogP contribution >= 0.6 is 0 Å². The normalized spacial score (nSPS) is 17.9. The summed E-state index contributed by atoms with van der Waals surface area (Å²) in [5, 5.41) is 0. The summed E-state index contributed by atoms with van der Waals surface area (Å²) in [6.07, 6.45) is 2.22. The summed E-state index contributed by atoms with van der Waals surface area (Å²) in [4.78, 5) is 6.86.